The number of hydrogen-bond donors (Lipinski definition) is 0. The largest absolute Gasteiger partial charge is 0.340 e. The third-order valence-corrected chi connectivity index (χ3v) is 2.37. The minimum absolute atomic E-state index is 0.0883. The highest BCUT2D eigenvalue weighted by atomic mass is 35.5. The second kappa shape index (κ2) is 5.30. The summed E-state index contributed by atoms with van der Waals surface area (Å²) in [6.07, 6.45) is 0. The summed E-state index contributed by atoms with van der Waals surface area (Å²) in [7, 11) is 1.61. The molecule has 1 rings (SSSR count). The first kappa shape index (κ1) is 13.0. The zero-order valence-corrected chi connectivity index (χ0v) is 10.4. The summed E-state index contributed by atoms with van der Waals surface area (Å²) in [5.41, 5.74) is 0.882. The molecule has 0 aromatic heterocycles. The Labute approximate surface area is 100 Å². The fourth-order valence-electron chi connectivity index (χ4n) is 1.46. The van der Waals surface area contributed by atoms with Crippen LogP contribution in [0.5, 0.6) is 0 Å². The van der Waals surface area contributed by atoms with Gasteiger partial charge in [-0.05, 0) is 31.5 Å². The van der Waals surface area contributed by atoms with Gasteiger partial charge in [-0.25, -0.2) is 4.39 Å². The standard InChI is InChI=1S/C12H15ClFNO/c1-8-4-5-10(11(14)6-8)12(16)15(3)7-9(2)13/h4-6,9H,7H2,1-3H3. The molecular formula is C12H15ClFNO. The summed E-state index contributed by atoms with van der Waals surface area (Å²) in [6.45, 7) is 3.96. The van der Waals surface area contributed by atoms with Gasteiger partial charge >= 0.3 is 0 Å². The van der Waals surface area contributed by atoms with E-state index in [1.807, 2.05) is 0 Å². The van der Waals surface area contributed by atoms with Crippen LogP contribution in [-0.4, -0.2) is 29.8 Å². The fraction of sp³-hybridized carbons (Fsp3) is 0.417. The zero-order chi connectivity index (χ0) is 12.3. The maximum absolute atomic E-state index is 13.5. The number of halogens is 2. The Morgan fingerprint density at radius 3 is 2.69 bits per heavy atom. The van der Waals surface area contributed by atoms with Crippen LogP contribution in [0.4, 0.5) is 4.39 Å². The van der Waals surface area contributed by atoms with Gasteiger partial charge in [0.05, 0.1) is 5.56 Å². The van der Waals surface area contributed by atoms with Gasteiger partial charge in [0.2, 0.25) is 0 Å². The Balaban J connectivity index is 2.88. The van der Waals surface area contributed by atoms with Crippen molar-refractivity contribution in [3.63, 3.8) is 0 Å². The molecular weight excluding hydrogens is 229 g/mol. The monoisotopic (exact) mass is 243 g/mol. The zero-order valence-electron chi connectivity index (χ0n) is 9.63. The first-order valence-corrected chi connectivity index (χ1v) is 5.51. The molecule has 0 saturated carbocycles. The summed E-state index contributed by atoms with van der Waals surface area (Å²) >= 11 is 5.78. The third kappa shape index (κ3) is 3.20. The number of amides is 1. The van der Waals surface area contributed by atoms with Crippen molar-refractivity contribution >= 4 is 17.5 Å². The van der Waals surface area contributed by atoms with E-state index in [9.17, 15) is 9.18 Å². The topological polar surface area (TPSA) is 20.3 Å². The van der Waals surface area contributed by atoms with Gasteiger partial charge in [0.1, 0.15) is 5.82 Å². The molecule has 0 N–H and O–H groups in total. The first-order valence-electron chi connectivity index (χ1n) is 5.07. The summed E-state index contributed by atoms with van der Waals surface area (Å²) in [5.74, 6) is -0.830. The molecule has 1 amide bonds. The summed E-state index contributed by atoms with van der Waals surface area (Å²) in [6, 6.07) is 4.57. The first-order chi connectivity index (χ1) is 7.41. The predicted octanol–water partition coefficient (Wildman–Crippen LogP) is 2.83. The molecule has 1 unspecified atom stereocenters. The Kier molecular flexibility index (Phi) is 4.30. The molecule has 0 aliphatic heterocycles. The van der Waals surface area contributed by atoms with E-state index in [1.54, 1.807) is 27.0 Å². The van der Waals surface area contributed by atoms with Crippen LogP contribution < -0.4 is 0 Å². The maximum Gasteiger partial charge on any atom is 0.256 e. The van der Waals surface area contributed by atoms with Crippen molar-refractivity contribution in [3.8, 4) is 0 Å². The molecule has 0 fully saturated rings. The Morgan fingerprint density at radius 2 is 2.19 bits per heavy atom. The van der Waals surface area contributed by atoms with E-state index in [1.165, 1.54) is 17.0 Å². The molecule has 1 aromatic carbocycles. The van der Waals surface area contributed by atoms with E-state index in [-0.39, 0.29) is 16.8 Å². The van der Waals surface area contributed by atoms with E-state index >= 15 is 0 Å². The smallest absolute Gasteiger partial charge is 0.256 e. The normalized spacial score (nSPS) is 12.3. The molecule has 1 aromatic rings. The number of carbonyl (C=O) groups is 1. The number of alkyl halides is 1. The number of aryl methyl sites for hydroxylation is 1. The van der Waals surface area contributed by atoms with Crippen LogP contribution in [0.3, 0.4) is 0 Å². The van der Waals surface area contributed by atoms with E-state index in [4.69, 9.17) is 11.6 Å². The van der Waals surface area contributed by atoms with Gasteiger partial charge in [-0.15, -0.1) is 11.6 Å². The number of benzene rings is 1. The second-order valence-corrected chi connectivity index (χ2v) is 4.69. The highest BCUT2D eigenvalue weighted by Gasteiger charge is 2.17. The third-order valence-electron chi connectivity index (χ3n) is 2.23. The molecule has 0 bridgehead atoms. The van der Waals surface area contributed by atoms with Crippen molar-refractivity contribution in [2.45, 2.75) is 19.2 Å². The number of rotatable bonds is 3. The molecule has 0 aliphatic rings. The van der Waals surface area contributed by atoms with Crippen LogP contribution in [0.1, 0.15) is 22.8 Å². The van der Waals surface area contributed by atoms with Crippen molar-refractivity contribution in [2.24, 2.45) is 0 Å². The van der Waals surface area contributed by atoms with Gasteiger partial charge < -0.3 is 4.90 Å². The molecule has 4 heteroatoms. The second-order valence-electron chi connectivity index (χ2n) is 3.95. The van der Waals surface area contributed by atoms with Gasteiger partial charge in [0.15, 0.2) is 0 Å². The van der Waals surface area contributed by atoms with Crippen LogP contribution in [0.2, 0.25) is 0 Å². The van der Waals surface area contributed by atoms with Crippen molar-refractivity contribution in [1.29, 1.82) is 0 Å². The van der Waals surface area contributed by atoms with Crippen LogP contribution in [0.15, 0.2) is 18.2 Å². The highest BCUT2D eigenvalue weighted by Crippen LogP contribution is 2.12. The summed E-state index contributed by atoms with van der Waals surface area (Å²) in [4.78, 5) is 13.3. The molecule has 0 saturated heterocycles. The van der Waals surface area contributed by atoms with Crippen molar-refractivity contribution in [1.82, 2.24) is 4.90 Å². The Morgan fingerprint density at radius 1 is 1.56 bits per heavy atom. The van der Waals surface area contributed by atoms with E-state index < -0.39 is 5.82 Å². The minimum Gasteiger partial charge on any atom is -0.340 e. The summed E-state index contributed by atoms with van der Waals surface area (Å²) in [5, 5.41) is -0.151. The van der Waals surface area contributed by atoms with E-state index in [2.05, 4.69) is 0 Å². The molecule has 16 heavy (non-hydrogen) atoms. The lowest BCUT2D eigenvalue weighted by atomic mass is 10.1. The average molecular weight is 244 g/mol. The number of nitrogens with zero attached hydrogens (tertiary/aromatic N) is 1. The maximum atomic E-state index is 13.5. The van der Waals surface area contributed by atoms with Crippen LogP contribution >= 0.6 is 11.6 Å². The SMILES string of the molecule is Cc1ccc(C(=O)N(C)CC(C)Cl)c(F)c1. The van der Waals surface area contributed by atoms with Crippen LogP contribution in [0.25, 0.3) is 0 Å². The van der Waals surface area contributed by atoms with Crippen molar-refractivity contribution < 1.29 is 9.18 Å². The van der Waals surface area contributed by atoms with Crippen LogP contribution in [-0.2, 0) is 0 Å². The fourth-order valence-corrected chi connectivity index (χ4v) is 1.67. The average Bonchev–Trinajstić information content (AvgIpc) is 2.15. The van der Waals surface area contributed by atoms with Gasteiger partial charge in [-0.2, -0.15) is 0 Å². The van der Waals surface area contributed by atoms with E-state index in [0.29, 0.717) is 6.54 Å². The Bertz CT molecular complexity index is 393. The number of hydrogen-bond acceptors (Lipinski definition) is 1. The van der Waals surface area contributed by atoms with E-state index in [0.717, 1.165) is 5.56 Å². The van der Waals surface area contributed by atoms with Crippen molar-refractivity contribution in [3.05, 3.63) is 35.1 Å². The molecule has 0 heterocycles. The molecule has 0 aliphatic carbocycles. The molecule has 2 nitrogen and oxygen atoms in total. The van der Waals surface area contributed by atoms with Gasteiger partial charge in [0.25, 0.3) is 5.91 Å². The van der Waals surface area contributed by atoms with Gasteiger partial charge in [-0.3, -0.25) is 4.79 Å². The Hall–Kier alpha value is -1.09. The van der Waals surface area contributed by atoms with Gasteiger partial charge in [-0.1, -0.05) is 6.07 Å². The highest BCUT2D eigenvalue weighted by molar-refractivity contribution is 6.20. The quantitative estimate of drug-likeness (QED) is 0.748. The molecule has 0 spiro atoms. The lowest BCUT2D eigenvalue weighted by Crippen LogP contribution is -2.31. The minimum atomic E-state index is -0.487. The van der Waals surface area contributed by atoms with Crippen molar-refractivity contribution in [2.75, 3.05) is 13.6 Å². The molecule has 0 radical (unpaired) electrons. The van der Waals surface area contributed by atoms with Gasteiger partial charge in [0, 0.05) is 19.0 Å². The lowest BCUT2D eigenvalue weighted by Gasteiger charge is -2.18. The van der Waals surface area contributed by atoms with Crippen LogP contribution in [0, 0.1) is 12.7 Å². The lowest BCUT2D eigenvalue weighted by molar-refractivity contribution is 0.0791. The molecule has 88 valence electrons. The molecule has 1 atom stereocenters. The summed E-state index contributed by atoms with van der Waals surface area (Å²) < 4.78 is 13.5. The predicted molar refractivity (Wildman–Crippen MR) is 63.4 cm³/mol. The number of carbonyl (C=O) groups excluding carboxylic acids is 1.